The average molecular weight is 377 g/mol. The summed E-state index contributed by atoms with van der Waals surface area (Å²) in [5, 5.41) is 0. The summed E-state index contributed by atoms with van der Waals surface area (Å²) in [5.41, 5.74) is 0. The summed E-state index contributed by atoms with van der Waals surface area (Å²) in [4.78, 5) is 22.2. The third-order valence-corrected chi connectivity index (χ3v) is 5.22. The van der Waals surface area contributed by atoms with E-state index in [1.807, 2.05) is 0 Å². The molecule has 0 fully saturated rings. The standard InChI is InChI=1S/C10H19NO10S2/c1-7(9(12)18-4)20-22(14,15)6-11(3)23(16,17)21-8(2)10(13)19-5/h7-8H,6H2,1-5H3. The molecule has 0 aliphatic heterocycles. The monoisotopic (exact) mass is 377 g/mol. The van der Waals surface area contributed by atoms with Crippen LogP contribution in [0.1, 0.15) is 13.8 Å². The number of ether oxygens (including phenoxy) is 2. The minimum absolute atomic E-state index is 0.297. The maximum atomic E-state index is 11.8. The van der Waals surface area contributed by atoms with Gasteiger partial charge in [0.05, 0.1) is 14.2 Å². The molecule has 0 aromatic heterocycles. The zero-order valence-electron chi connectivity index (χ0n) is 13.2. The van der Waals surface area contributed by atoms with Crippen molar-refractivity contribution in [3.8, 4) is 0 Å². The molecule has 0 aromatic rings. The molecule has 0 N–H and O–H groups in total. The highest BCUT2D eigenvalue weighted by Crippen LogP contribution is 2.10. The minimum Gasteiger partial charge on any atom is -0.467 e. The van der Waals surface area contributed by atoms with Crippen LogP contribution in [0.5, 0.6) is 0 Å². The van der Waals surface area contributed by atoms with Crippen LogP contribution in [0.2, 0.25) is 0 Å². The zero-order chi connectivity index (χ0) is 18.4. The van der Waals surface area contributed by atoms with E-state index >= 15 is 0 Å². The van der Waals surface area contributed by atoms with Crippen LogP contribution in [0.25, 0.3) is 0 Å². The Morgan fingerprint density at radius 2 is 1.30 bits per heavy atom. The van der Waals surface area contributed by atoms with Gasteiger partial charge in [0.25, 0.3) is 10.1 Å². The van der Waals surface area contributed by atoms with E-state index in [1.54, 1.807) is 0 Å². The summed E-state index contributed by atoms with van der Waals surface area (Å²) in [6, 6.07) is 0. The molecule has 0 aromatic carbocycles. The molecular weight excluding hydrogens is 358 g/mol. The van der Waals surface area contributed by atoms with E-state index in [4.69, 9.17) is 0 Å². The lowest BCUT2D eigenvalue weighted by Crippen LogP contribution is -2.39. The molecule has 11 nitrogen and oxygen atoms in total. The maximum Gasteiger partial charge on any atom is 0.339 e. The van der Waals surface area contributed by atoms with Crippen molar-refractivity contribution in [2.45, 2.75) is 26.1 Å². The highest BCUT2D eigenvalue weighted by atomic mass is 32.2. The SMILES string of the molecule is COC(=O)C(C)OS(=O)(=O)CN(C)S(=O)(=O)OC(C)C(=O)OC. The Morgan fingerprint density at radius 1 is 0.913 bits per heavy atom. The largest absolute Gasteiger partial charge is 0.467 e. The van der Waals surface area contributed by atoms with Crippen LogP contribution in [0, 0.1) is 0 Å². The first-order chi connectivity index (χ1) is 10.4. The fourth-order valence-corrected chi connectivity index (χ4v) is 3.72. The van der Waals surface area contributed by atoms with Crippen molar-refractivity contribution in [2.75, 3.05) is 27.1 Å². The van der Waals surface area contributed by atoms with Gasteiger partial charge in [0.1, 0.15) is 5.88 Å². The maximum absolute atomic E-state index is 11.8. The van der Waals surface area contributed by atoms with Gasteiger partial charge in [-0.3, -0.25) is 4.18 Å². The molecule has 2 unspecified atom stereocenters. The second kappa shape index (κ2) is 8.54. The lowest BCUT2D eigenvalue weighted by Gasteiger charge is -2.19. The molecule has 0 saturated heterocycles. The normalized spacial score (nSPS) is 15.0. The molecule has 136 valence electrons. The second-order valence-corrected chi connectivity index (χ2v) is 7.50. The summed E-state index contributed by atoms with van der Waals surface area (Å²) < 4.78 is 64.8. The van der Waals surface area contributed by atoms with Crippen molar-refractivity contribution in [2.24, 2.45) is 0 Å². The molecule has 2 atom stereocenters. The Bertz CT molecular complexity index is 626. The molecule has 0 saturated carbocycles. The zero-order valence-corrected chi connectivity index (χ0v) is 14.8. The number of carbonyl (C=O) groups is 2. The van der Waals surface area contributed by atoms with E-state index < -0.39 is 50.4 Å². The second-order valence-electron chi connectivity index (χ2n) is 4.27. The van der Waals surface area contributed by atoms with Crippen molar-refractivity contribution < 1.29 is 44.3 Å². The summed E-state index contributed by atoms with van der Waals surface area (Å²) in [6.45, 7) is 2.23. The third-order valence-electron chi connectivity index (χ3n) is 2.34. The minimum atomic E-state index is -4.55. The van der Waals surface area contributed by atoms with E-state index in [0.717, 1.165) is 35.1 Å². The smallest absolute Gasteiger partial charge is 0.339 e. The van der Waals surface area contributed by atoms with E-state index in [9.17, 15) is 26.4 Å². The number of carbonyl (C=O) groups excluding carboxylic acids is 2. The van der Waals surface area contributed by atoms with E-state index in [0.29, 0.717) is 4.31 Å². The van der Waals surface area contributed by atoms with Gasteiger partial charge >= 0.3 is 22.2 Å². The summed E-state index contributed by atoms with van der Waals surface area (Å²) in [7, 11) is -6.02. The number of hydrogen-bond donors (Lipinski definition) is 0. The molecule has 0 aliphatic carbocycles. The van der Waals surface area contributed by atoms with E-state index in [1.165, 1.54) is 0 Å². The van der Waals surface area contributed by atoms with Crippen molar-refractivity contribution in [1.29, 1.82) is 0 Å². The van der Waals surface area contributed by atoms with Crippen molar-refractivity contribution >= 4 is 32.4 Å². The number of rotatable bonds is 9. The van der Waals surface area contributed by atoms with Gasteiger partial charge in [0.15, 0.2) is 12.2 Å². The van der Waals surface area contributed by atoms with Gasteiger partial charge in [0.2, 0.25) is 0 Å². The number of esters is 2. The molecule has 0 amide bonds. The van der Waals surface area contributed by atoms with Gasteiger partial charge < -0.3 is 9.47 Å². The van der Waals surface area contributed by atoms with Gasteiger partial charge in [-0.15, -0.1) is 0 Å². The van der Waals surface area contributed by atoms with Crippen molar-refractivity contribution in [1.82, 2.24) is 4.31 Å². The van der Waals surface area contributed by atoms with Crippen molar-refractivity contribution in [3.05, 3.63) is 0 Å². The molecular formula is C10H19NO10S2. The molecule has 0 rings (SSSR count). The lowest BCUT2D eigenvalue weighted by molar-refractivity contribution is -0.148. The highest BCUT2D eigenvalue weighted by molar-refractivity contribution is 7.89. The fraction of sp³-hybridized carbons (Fsp3) is 0.800. The Kier molecular flexibility index (Phi) is 8.06. The van der Waals surface area contributed by atoms with Gasteiger partial charge in [-0.05, 0) is 13.8 Å². The number of hydrogen-bond acceptors (Lipinski definition) is 10. The molecule has 0 spiro atoms. The van der Waals surface area contributed by atoms with Crippen LogP contribution < -0.4 is 0 Å². The molecule has 13 heteroatoms. The summed E-state index contributed by atoms with van der Waals surface area (Å²) in [6.07, 6.45) is -2.92. The first-order valence-electron chi connectivity index (χ1n) is 6.07. The van der Waals surface area contributed by atoms with Crippen LogP contribution in [0.3, 0.4) is 0 Å². The molecule has 0 heterocycles. The first-order valence-corrected chi connectivity index (χ1v) is 9.01. The number of nitrogens with zero attached hydrogens (tertiary/aromatic N) is 1. The van der Waals surface area contributed by atoms with Gasteiger partial charge in [-0.25, -0.2) is 13.8 Å². The predicted octanol–water partition coefficient (Wildman–Crippen LogP) is -1.39. The van der Waals surface area contributed by atoms with E-state index in [-0.39, 0.29) is 0 Å². The van der Waals surface area contributed by atoms with Gasteiger partial charge in [-0.2, -0.15) is 21.1 Å². The number of methoxy groups -OCH3 is 2. The molecule has 0 radical (unpaired) electrons. The molecule has 0 aliphatic rings. The first kappa shape index (κ1) is 21.7. The Morgan fingerprint density at radius 3 is 1.70 bits per heavy atom. The quantitative estimate of drug-likeness (QED) is 0.348. The van der Waals surface area contributed by atoms with Crippen LogP contribution >= 0.6 is 0 Å². The Labute approximate surface area is 134 Å². The highest BCUT2D eigenvalue weighted by Gasteiger charge is 2.31. The van der Waals surface area contributed by atoms with Crippen LogP contribution in [0.15, 0.2) is 0 Å². The topological polar surface area (TPSA) is 143 Å². The lowest BCUT2D eigenvalue weighted by atomic mass is 10.4. The summed E-state index contributed by atoms with van der Waals surface area (Å²) in [5.74, 6) is -3.04. The Hall–Kier alpha value is -1.28. The van der Waals surface area contributed by atoms with E-state index in [2.05, 4.69) is 17.8 Å². The molecule has 0 bridgehead atoms. The average Bonchev–Trinajstić information content (AvgIpc) is 2.43. The van der Waals surface area contributed by atoms with Gasteiger partial charge in [-0.1, -0.05) is 0 Å². The van der Waals surface area contributed by atoms with Crippen molar-refractivity contribution in [3.63, 3.8) is 0 Å². The Balaban J connectivity index is 4.93. The fourth-order valence-electron chi connectivity index (χ4n) is 1.20. The summed E-state index contributed by atoms with van der Waals surface area (Å²) >= 11 is 0. The molecule has 23 heavy (non-hydrogen) atoms. The van der Waals surface area contributed by atoms with Crippen LogP contribution in [0.4, 0.5) is 0 Å². The van der Waals surface area contributed by atoms with Crippen LogP contribution in [-0.2, 0) is 47.9 Å². The predicted molar refractivity (Wildman–Crippen MR) is 75.6 cm³/mol. The third kappa shape index (κ3) is 7.22. The van der Waals surface area contributed by atoms with Crippen LogP contribution in [-0.4, -0.2) is 72.4 Å². The van der Waals surface area contributed by atoms with Gasteiger partial charge in [0, 0.05) is 7.05 Å².